The Morgan fingerprint density at radius 1 is 0.969 bits per heavy atom. The molecule has 0 bridgehead atoms. The summed E-state index contributed by atoms with van der Waals surface area (Å²) in [6.07, 6.45) is 0.806. The molecule has 0 aromatic heterocycles. The first-order chi connectivity index (χ1) is 15.0. The molecule has 0 spiro atoms. The van der Waals surface area contributed by atoms with E-state index in [1.54, 1.807) is 32.0 Å². The van der Waals surface area contributed by atoms with Gasteiger partial charge in [-0.05, 0) is 56.9 Å². The second kappa shape index (κ2) is 9.72. The van der Waals surface area contributed by atoms with E-state index in [0.29, 0.717) is 17.7 Å². The molecule has 9 heteroatoms. The highest BCUT2D eigenvalue weighted by atomic mass is 32.2. The Morgan fingerprint density at radius 2 is 1.53 bits per heavy atom. The Balaban J connectivity index is 1.56. The zero-order chi connectivity index (χ0) is 23.5. The van der Waals surface area contributed by atoms with E-state index in [1.165, 1.54) is 16.4 Å². The van der Waals surface area contributed by atoms with Gasteiger partial charge < -0.3 is 5.32 Å². The zero-order valence-corrected chi connectivity index (χ0v) is 20.3. The van der Waals surface area contributed by atoms with Gasteiger partial charge in [0.05, 0.1) is 15.5 Å². The standard InChI is InChI=1S/C23H30N2O5S2/c1-17-15-18(2)22(19(3)16-17)32(29,30)25-12-9-20(10-13-25)23(26)24-11-14-31(27,28)21-7-5-4-6-8-21/h4-8,15-16,20H,9-14H2,1-3H3,(H,24,26). The Kier molecular flexibility index (Phi) is 7.42. The number of nitrogens with zero attached hydrogens (tertiary/aromatic N) is 1. The number of carbonyl (C=O) groups is 1. The van der Waals surface area contributed by atoms with Gasteiger partial charge in [-0.15, -0.1) is 0 Å². The normalized spacial score (nSPS) is 16.1. The lowest BCUT2D eigenvalue weighted by molar-refractivity contribution is -0.125. The van der Waals surface area contributed by atoms with Gasteiger partial charge in [0.2, 0.25) is 15.9 Å². The van der Waals surface area contributed by atoms with Crippen molar-refractivity contribution in [2.24, 2.45) is 5.92 Å². The Hall–Kier alpha value is -2.23. The molecule has 7 nitrogen and oxygen atoms in total. The summed E-state index contributed by atoms with van der Waals surface area (Å²) in [6.45, 7) is 6.08. The van der Waals surface area contributed by atoms with Crippen LogP contribution in [-0.4, -0.2) is 52.4 Å². The van der Waals surface area contributed by atoms with Crippen LogP contribution >= 0.6 is 0 Å². The van der Waals surface area contributed by atoms with Crippen LogP contribution in [0, 0.1) is 26.7 Å². The zero-order valence-electron chi connectivity index (χ0n) is 18.7. The van der Waals surface area contributed by atoms with E-state index in [4.69, 9.17) is 0 Å². The Bertz CT molecular complexity index is 1160. The van der Waals surface area contributed by atoms with Crippen LogP contribution in [0.2, 0.25) is 0 Å². The maximum absolute atomic E-state index is 13.2. The molecule has 1 heterocycles. The van der Waals surface area contributed by atoms with Crippen molar-refractivity contribution in [1.82, 2.24) is 9.62 Å². The summed E-state index contributed by atoms with van der Waals surface area (Å²) in [4.78, 5) is 13.1. The van der Waals surface area contributed by atoms with Crippen LogP contribution < -0.4 is 5.32 Å². The minimum absolute atomic E-state index is 0.0241. The van der Waals surface area contributed by atoms with Gasteiger partial charge in [-0.1, -0.05) is 35.9 Å². The van der Waals surface area contributed by atoms with E-state index in [0.717, 1.165) is 16.7 Å². The summed E-state index contributed by atoms with van der Waals surface area (Å²) in [5, 5.41) is 2.70. The van der Waals surface area contributed by atoms with Gasteiger partial charge in [0.1, 0.15) is 0 Å². The number of aryl methyl sites for hydroxylation is 3. The molecule has 2 aromatic rings. The molecule has 1 saturated heterocycles. The first-order valence-electron chi connectivity index (χ1n) is 10.7. The summed E-state index contributed by atoms with van der Waals surface area (Å²) in [5.41, 5.74) is 2.47. The molecule has 174 valence electrons. The van der Waals surface area contributed by atoms with Gasteiger partial charge >= 0.3 is 0 Å². The maximum atomic E-state index is 13.2. The summed E-state index contributed by atoms with van der Waals surface area (Å²) in [5.74, 6) is -0.740. The highest BCUT2D eigenvalue weighted by Crippen LogP contribution is 2.28. The molecule has 1 fully saturated rings. The van der Waals surface area contributed by atoms with Crippen LogP contribution in [0.25, 0.3) is 0 Å². The van der Waals surface area contributed by atoms with E-state index in [1.807, 2.05) is 19.1 Å². The average molecular weight is 479 g/mol. The topological polar surface area (TPSA) is 101 Å². The predicted molar refractivity (Wildman–Crippen MR) is 124 cm³/mol. The van der Waals surface area contributed by atoms with E-state index in [2.05, 4.69) is 5.32 Å². The van der Waals surface area contributed by atoms with Gasteiger partial charge in [-0.25, -0.2) is 16.8 Å². The molecule has 0 saturated carbocycles. The number of piperidine rings is 1. The number of nitrogens with one attached hydrogen (secondary N) is 1. The third kappa shape index (κ3) is 5.39. The van der Waals surface area contributed by atoms with E-state index < -0.39 is 19.9 Å². The van der Waals surface area contributed by atoms with Gasteiger partial charge in [0.25, 0.3) is 0 Å². The van der Waals surface area contributed by atoms with Crippen molar-refractivity contribution < 1.29 is 21.6 Å². The first kappa shape index (κ1) is 24.4. The van der Waals surface area contributed by atoms with Crippen molar-refractivity contribution in [2.45, 2.75) is 43.4 Å². The van der Waals surface area contributed by atoms with Crippen LogP contribution in [0.1, 0.15) is 29.5 Å². The molecule has 2 aromatic carbocycles. The molecular formula is C23H30N2O5S2. The quantitative estimate of drug-likeness (QED) is 0.659. The highest BCUT2D eigenvalue weighted by molar-refractivity contribution is 7.91. The van der Waals surface area contributed by atoms with Gasteiger partial charge in [-0.3, -0.25) is 4.79 Å². The molecule has 1 aliphatic heterocycles. The maximum Gasteiger partial charge on any atom is 0.243 e. The lowest BCUT2D eigenvalue weighted by atomic mass is 9.97. The number of hydrogen-bond donors (Lipinski definition) is 1. The number of rotatable bonds is 7. The first-order valence-corrected chi connectivity index (χ1v) is 13.7. The van der Waals surface area contributed by atoms with Crippen molar-refractivity contribution in [1.29, 1.82) is 0 Å². The monoisotopic (exact) mass is 478 g/mol. The predicted octanol–water partition coefficient (Wildman–Crippen LogP) is 2.60. The van der Waals surface area contributed by atoms with Gasteiger partial charge in [0.15, 0.2) is 9.84 Å². The van der Waals surface area contributed by atoms with Gasteiger partial charge in [0, 0.05) is 25.6 Å². The van der Waals surface area contributed by atoms with Crippen molar-refractivity contribution in [3.8, 4) is 0 Å². The minimum atomic E-state index is -3.63. The van der Waals surface area contributed by atoms with Crippen LogP contribution in [0.5, 0.6) is 0 Å². The molecule has 3 rings (SSSR count). The largest absolute Gasteiger partial charge is 0.355 e. The molecule has 1 aliphatic rings. The molecule has 1 N–H and O–H groups in total. The van der Waals surface area contributed by atoms with Gasteiger partial charge in [-0.2, -0.15) is 4.31 Å². The molecule has 0 atom stereocenters. The van der Waals surface area contributed by atoms with Crippen LogP contribution in [-0.2, 0) is 24.7 Å². The fourth-order valence-corrected chi connectivity index (χ4v) is 7.32. The molecule has 0 radical (unpaired) electrons. The number of carbonyl (C=O) groups excluding carboxylic acids is 1. The highest BCUT2D eigenvalue weighted by Gasteiger charge is 2.33. The van der Waals surface area contributed by atoms with Crippen LogP contribution in [0.15, 0.2) is 52.3 Å². The number of benzene rings is 2. The number of amides is 1. The molecular weight excluding hydrogens is 448 g/mol. The number of sulfonamides is 1. The lowest BCUT2D eigenvalue weighted by Gasteiger charge is -2.31. The van der Waals surface area contributed by atoms with E-state index in [-0.39, 0.29) is 42.1 Å². The third-order valence-electron chi connectivity index (χ3n) is 5.80. The number of hydrogen-bond acceptors (Lipinski definition) is 5. The summed E-state index contributed by atoms with van der Waals surface area (Å²) in [7, 11) is -7.09. The van der Waals surface area contributed by atoms with Crippen LogP contribution in [0.4, 0.5) is 0 Å². The SMILES string of the molecule is Cc1cc(C)c(S(=O)(=O)N2CCC(C(=O)NCCS(=O)(=O)c3ccccc3)CC2)c(C)c1. The molecule has 1 amide bonds. The molecule has 32 heavy (non-hydrogen) atoms. The smallest absolute Gasteiger partial charge is 0.243 e. The van der Waals surface area contributed by atoms with E-state index >= 15 is 0 Å². The lowest BCUT2D eigenvalue weighted by Crippen LogP contribution is -2.44. The Morgan fingerprint density at radius 3 is 2.09 bits per heavy atom. The van der Waals surface area contributed by atoms with Crippen molar-refractivity contribution in [3.63, 3.8) is 0 Å². The van der Waals surface area contributed by atoms with Crippen LogP contribution in [0.3, 0.4) is 0 Å². The van der Waals surface area contributed by atoms with Crippen molar-refractivity contribution in [3.05, 3.63) is 59.2 Å². The second-order valence-electron chi connectivity index (χ2n) is 8.33. The summed E-state index contributed by atoms with van der Waals surface area (Å²) >= 11 is 0. The molecule has 0 unspecified atom stereocenters. The average Bonchev–Trinajstić information content (AvgIpc) is 2.73. The fraction of sp³-hybridized carbons (Fsp3) is 0.435. The summed E-state index contributed by atoms with van der Waals surface area (Å²) in [6, 6.07) is 11.9. The minimum Gasteiger partial charge on any atom is -0.355 e. The second-order valence-corrected chi connectivity index (χ2v) is 12.3. The fourth-order valence-electron chi connectivity index (χ4n) is 4.26. The van der Waals surface area contributed by atoms with Crippen molar-refractivity contribution in [2.75, 3.05) is 25.4 Å². The Labute approximate surface area is 190 Å². The molecule has 0 aliphatic carbocycles. The third-order valence-corrected chi connectivity index (χ3v) is 9.74. The van der Waals surface area contributed by atoms with E-state index in [9.17, 15) is 21.6 Å². The van der Waals surface area contributed by atoms with Crippen molar-refractivity contribution >= 4 is 25.8 Å². The summed E-state index contributed by atoms with van der Waals surface area (Å²) < 4.78 is 52.5. The number of sulfone groups is 1.